The maximum Gasteiger partial charge on any atom is 0.194 e. The number of benzene rings is 1. The van der Waals surface area contributed by atoms with Gasteiger partial charge in [0.1, 0.15) is 12.4 Å². The number of piperidine rings is 1. The lowest BCUT2D eigenvalue weighted by molar-refractivity contribution is 0.00101. The predicted octanol–water partition coefficient (Wildman–Crippen LogP) is 4.07. The van der Waals surface area contributed by atoms with Gasteiger partial charge in [-0.25, -0.2) is 9.98 Å². The van der Waals surface area contributed by atoms with Crippen molar-refractivity contribution in [3.05, 3.63) is 54.1 Å². The van der Waals surface area contributed by atoms with Crippen LogP contribution in [0, 0.1) is 5.92 Å². The molecule has 0 atom stereocenters. The molecule has 1 N–H and O–H groups in total. The van der Waals surface area contributed by atoms with Crippen LogP contribution in [-0.2, 0) is 17.8 Å². The topological polar surface area (TPSA) is 54.7 Å². The van der Waals surface area contributed by atoms with Gasteiger partial charge in [-0.3, -0.25) is 0 Å². The van der Waals surface area contributed by atoms with Crippen molar-refractivity contribution < 1.29 is 4.74 Å². The molecule has 168 valence electrons. The zero-order valence-corrected chi connectivity index (χ0v) is 18.9. The highest BCUT2D eigenvalue weighted by Crippen LogP contribution is 2.26. The Bertz CT molecular complexity index is 804. The van der Waals surface area contributed by atoms with Gasteiger partial charge < -0.3 is 19.5 Å². The molecule has 2 fully saturated rings. The fourth-order valence-corrected chi connectivity index (χ4v) is 4.67. The van der Waals surface area contributed by atoms with E-state index >= 15 is 0 Å². The minimum atomic E-state index is 0.407. The first-order valence-corrected chi connectivity index (χ1v) is 12.0. The van der Waals surface area contributed by atoms with E-state index in [1.807, 2.05) is 18.5 Å². The number of nitrogens with one attached hydrogen (secondary N) is 1. The van der Waals surface area contributed by atoms with Gasteiger partial charge in [0.15, 0.2) is 5.96 Å². The van der Waals surface area contributed by atoms with E-state index in [2.05, 4.69) is 51.0 Å². The van der Waals surface area contributed by atoms with Gasteiger partial charge in [-0.1, -0.05) is 43.2 Å². The standard InChI is InChI=1S/C25H37N5O/c1-2-26-25(29-15-12-23(13-16-29)31-20-22-10-6-7-11-22)28-18-24-27-14-17-30(24)19-21-8-4-3-5-9-21/h3-5,8-9,14,17,22-23H,2,6-7,10-13,15-16,18-20H2,1H3,(H,26,28). The third-order valence-corrected chi connectivity index (χ3v) is 6.49. The summed E-state index contributed by atoms with van der Waals surface area (Å²) in [6.45, 7) is 7.37. The molecule has 2 heterocycles. The second kappa shape index (κ2) is 11.3. The van der Waals surface area contributed by atoms with Crippen LogP contribution < -0.4 is 5.32 Å². The molecule has 2 aliphatic rings. The molecule has 0 unspecified atom stereocenters. The van der Waals surface area contributed by atoms with Crippen molar-refractivity contribution in [2.24, 2.45) is 10.9 Å². The van der Waals surface area contributed by atoms with Crippen LogP contribution in [0.3, 0.4) is 0 Å². The second-order valence-corrected chi connectivity index (χ2v) is 8.80. The number of guanidine groups is 1. The number of likely N-dealkylation sites (tertiary alicyclic amines) is 1. The van der Waals surface area contributed by atoms with E-state index in [4.69, 9.17) is 9.73 Å². The van der Waals surface area contributed by atoms with Crippen LogP contribution in [0.1, 0.15) is 56.8 Å². The number of aliphatic imine (C=N–C) groups is 1. The molecule has 1 saturated heterocycles. The number of ether oxygens (including phenoxy) is 1. The molecule has 6 heteroatoms. The van der Waals surface area contributed by atoms with Crippen molar-refractivity contribution in [2.45, 2.75) is 64.6 Å². The van der Waals surface area contributed by atoms with E-state index in [1.165, 1.54) is 31.2 Å². The van der Waals surface area contributed by atoms with Crippen LogP contribution in [0.15, 0.2) is 47.7 Å². The van der Waals surface area contributed by atoms with Gasteiger partial charge in [0.05, 0.1) is 6.10 Å². The summed E-state index contributed by atoms with van der Waals surface area (Å²) in [7, 11) is 0. The number of hydrogen-bond donors (Lipinski definition) is 1. The lowest BCUT2D eigenvalue weighted by Gasteiger charge is -2.34. The molecule has 1 aromatic carbocycles. The van der Waals surface area contributed by atoms with E-state index < -0.39 is 0 Å². The molecule has 0 bridgehead atoms. The smallest absolute Gasteiger partial charge is 0.194 e. The maximum atomic E-state index is 6.25. The summed E-state index contributed by atoms with van der Waals surface area (Å²) in [6.07, 6.45) is 12.0. The molecular formula is C25H37N5O. The molecule has 0 spiro atoms. The fourth-order valence-electron chi connectivity index (χ4n) is 4.67. The van der Waals surface area contributed by atoms with Crippen LogP contribution in [0.2, 0.25) is 0 Å². The van der Waals surface area contributed by atoms with Crippen LogP contribution in [0.5, 0.6) is 0 Å². The summed E-state index contributed by atoms with van der Waals surface area (Å²) in [5.74, 6) is 2.79. The number of rotatable bonds is 8. The van der Waals surface area contributed by atoms with Gasteiger partial charge in [-0.05, 0) is 44.1 Å². The van der Waals surface area contributed by atoms with Crippen LogP contribution in [0.25, 0.3) is 0 Å². The summed E-state index contributed by atoms with van der Waals surface area (Å²) in [5, 5.41) is 3.47. The molecule has 1 aliphatic carbocycles. The first kappa shape index (κ1) is 21.9. The molecule has 1 aliphatic heterocycles. The minimum absolute atomic E-state index is 0.407. The Morgan fingerprint density at radius 2 is 1.90 bits per heavy atom. The molecule has 31 heavy (non-hydrogen) atoms. The Morgan fingerprint density at radius 1 is 1.13 bits per heavy atom. The predicted molar refractivity (Wildman–Crippen MR) is 125 cm³/mol. The number of imidazole rings is 1. The Labute approximate surface area is 186 Å². The van der Waals surface area contributed by atoms with Crippen molar-refractivity contribution in [2.75, 3.05) is 26.2 Å². The minimum Gasteiger partial charge on any atom is -0.378 e. The van der Waals surface area contributed by atoms with Crippen molar-refractivity contribution in [3.63, 3.8) is 0 Å². The number of hydrogen-bond acceptors (Lipinski definition) is 3. The normalized spacial score (nSPS) is 18.6. The van der Waals surface area contributed by atoms with Crippen molar-refractivity contribution in [3.8, 4) is 0 Å². The highest BCUT2D eigenvalue weighted by Gasteiger charge is 2.24. The quantitative estimate of drug-likeness (QED) is 0.514. The molecule has 1 aromatic heterocycles. The highest BCUT2D eigenvalue weighted by molar-refractivity contribution is 5.80. The summed E-state index contributed by atoms with van der Waals surface area (Å²) in [5.41, 5.74) is 1.28. The largest absolute Gasteiger partial charge is 0.378 e. The zero-order valence-electron chi connectivity index (χ0n) is 18.9. The average Bonchev–Trinajstić information content (AvgIpc) is 3.49. The Morgan fingerprint density at radius 3 is 2.65 bits per heavy atom. The average molecular weight is 424 g/mol. The monoisotopic (exact) mass is 423 g/mol. The van der Waals surface area contributed by atoms with Gasteiger partial charge in [0.2, 0.25) is 0 Å². The van der Waals surface area contributed by atoms with E-state index in [9.17, 15) is 0 Å². The van der Waals surface area contributed by atoms with Crippen molar-refractivity contribution >= 4 is 5.96 Å². The lowest BCUT2D eigenvalue weighted by atomic mass is 10.1. The summed E-state index contributed by atoms with van der Waals surface area (Å²) >= 11 is 0. The van der Waals surface area contributed by atoms with E-state index in [1.54, 1.807) is 0 Å². The first-order chi connectivity index (χ1) is 15.3. The molecule has 6 nitrogen and oxygen atoms in total. The molecular weight excluding hydrogens is 386 g/mol. The second-order valence-electron chi connectivity index (χ2n) is 8.80. The summed E-state index contributed by atoms with van der Waals surface area (Å²) < 4.78 is 8.43. The summed E-state index contributed by atoms with van der Waals surface area (Å²) in [4.78, 5) is 11.9. The molecule has 0 radical (unpaired) electrons. The van der Waals surface area contributed by atoms with Crippen molar-refractivity contribution in [1.82, 2.24) is 19.8 Å². The van der Waals surface area contributed by atoms with E-state index in [-0.39, 0.29) is 0 Å². The number of aromatic nitrogens is 2. The third kappa shape index (κ3) is 6.33. The third-order valence-electron chi connectivity index (χ3n) is 6.49. The highest BCUT2D eigenvalue weighted by atomic mass is 16.5. The Balaban J connectivity index is 1.30. The molecule has 1 saturated carbocycles. The van der Waals surface area contributed by atoms with Gasteiger partial charge in [-0.2, -0.15) is 0 Å². The van der Waals surface area contributed by atoms with Gasteiger partial charge >= 0.3 is 0 Å². The zero-order chi connectivity index (χ0) is 21.3. The van der Waals surface area contributed by atoms with E-state index in [0.29, 0.717) is 12.6 Å². The Hall–Kier alpha value is -2.34. The van der Waals surface area contributed by atoms with Crippen molar-refractivity contribution in [1.29, 1.82) is 0 Å². The van der Waals surface area contributed by atoms with Crippen LogP contribution >= 0.6 is 0 Å². The molecule has 2 aromatic rings. The van der Waals surface area contributed by atoms with Gasteiger partial charge in [0.25, 0.3) is 0 Å². The first-order valence-electron chi connectivity index (χ1n) is 12.0. The fraction of sp³-hybridized carbons (Fsp3) is 0.600. The SMILES string of the molecule is CCNC(=NCc1nccn1Cc1ccccc1)N1CCC(OCC2CCCC2)CC1. The molecule has 0 amide bonds. The molecule has 4 rings (SSSR count). The maximum absolute atomic E-state index is 6.25. The number of nitrogens with zero attached hydrogens (tertiary/aromatic N) is 4. The van der Waals surface area contributed by atoms with E-state index in [0.717, 1.165) is 63.3 Å². The van der Waals surface area contributed by atoms with Gasteiger partial charge in [0, 0.05) is 45.2 Å². The summed E-state index contributed by atoms with van der Waals surface area (Å²) in [6, 6.07) is 10.5. The van der Waals surface area contributed by atoms with Gasteiger partial charge in [-0.15, -0.1) is 0 Å². The van der Waals surface area contributed by atoms with Crippen LogP contribution in [0.4, 0.5) is 0 Å². The Kier molecular flexibility index (Phi) is 7.99. The van der Waals surface area contributed by atoms with Crippen LogP contribution in [-0.4, -0.2) is 52.8 Å². The lowest BCUT2D eigenvalue weighted by Crippen LogP contribution is -2.47.